The molecular formula is C35H37NO6. The Labute approximate surface area is 247 Å². The van der Waals surface area contributed by atoms with Crippen molar-refractivity contribution in [1.29, 1.82) is 0 Å². The number of rotatable bonds is 13. The molecule has 0 fully saturated rings. The van der Waals surface area contributed by atoms with E-state index in [-0.39, 0.29) is 18.3 Å². The summed E-state index contributed by atoms with van der Waals surface area (Å²) in [5.41, 5.74) is 8.80. The first kappa shape index (κ1) is 29.3. The Morgan fingerprint density at radius 3 is 2.33 bits per heavy atom. The van der Waals surface area contributed by atoms with E-state index in [9.17, 15) is 4.79 Å². The van der Waals surface area contributed by atoms with Gasteiger partial charge in [0.15, 0.2) is 12.6 Å². The molecule has 1 heterocycles. The second-order valence-electron chi connectivity index (χ2n) is 10.0. The number of pyridine rings is 1. The predicted molar refractivity (Wildman–Crippen MR) is 162 cm³/mol. The number of nitrogens with zero attached hydrogens (tertiary/aromatic N) is 1. The summed E-state index contributed by atoms with van der Waals surface area (Å²) < 4.78 is 28.6. The maximum Gasteiger partial charge on any atom is 0.227 e. The molecule has 0 saturated carbocycles. The molecule has 0 amide bonds. The molecule has 0 aliphatic heterocycles. The van der Waals surface area contributed by atoms with Gasteiger partial charge in [-0.05, 0) is 90.8 Å². The van der Waals surface area contributed by atoms with Crippen molar-refractivity contribution in [1.82, 2.24) is 4.98 Å². The van der Waals surface area contributed by atoms with Crippen LogP contribution in [0.1, 0.15) is 53.4 Å². The Morgan fingerprint density at radius 2 is 1.62 bits per heavy atom. The van der Waals surface area contributed by atoms with Crippen molar-refractivity contribution < 1.29 is 28.5 Å². The van der Waals surface area contributed by atoms with E-state index in [0.29, 0.717) is 31.3 Å². The maximum absolute atomic E-state index is 11.2. The zero-order chi connectivity index (χ0) is 29.5. The SMILES string of the molecule is CCOC(COc1ccc(-c2cccc(-c3cccc4c3CC[C@@H]4Oc3ccc(C=O)c(OC)n3)c2C)cc1)OCC. The lowest BCUT2D eigenvalue weighted by Gasteiger charge is -2.18. The van der Waals surface area contributed by atoms with E-state index < -0.39 is 0 Å². The van der Waals surface area contributed by atoms with Gasteiger partial charge in [0.25, 0.3) is 0 Å². The minimum atomic E-state index is -0.377. The van der Waals surface area contributed by atoms with Gasteiger partial charge < -0.3 is 23.7 Å². The van der Waals surface area contributed by atoms with Crippen molar-refractivity contribution in [3.8, 4) is 39.8 Å². The molecule has 0 saturated heterocycles. The summed E-state index contributed by atoms with van der Waals surface area (Å²) in [6.07, 6.45) is 1.98. The van der Waals surface area contributed by atoms with Gasteiger partial charge in [0.05, 0.1) is 12.7 Å². The summed E-state index contributed by atoms with van der Waals surface area (Å²) in [5, 5.41) is 0. The van der Waals surface area contributed by atoms with Gasteiger partial charge in [-0.15, -0.1) is 0 Å². The molecule has 0 bridgehead atoms. The van der Waals surface area contributed by atoms with Crippen LogP contribution < -0.4 is 14.2 Å². The van der Waals surface area contributed by atoms with Gasteiger partial charge in [0.1, 0.15) is 18.5 Å². The van der Waals surface area contributed by atoms with Gasteiger partial charge in [-0.1, -0.05) is 48.5 Å². The number of methoxy groups -OCH3 is 1. The summed E-state index contributed by atoms with van der Waals surface area (Å²) in [6, 6.07) is 24.4. The molecule has 1 aliphatic carbocycles. The number of aromatic nitrogens is 1. The van der Waals surface area contributed by atoms with E-state index in [0.717, 1.165) is 36.0 Å². The predicted octanol–water partition coefficient (Wildman–Crippen LogP) is 7.39. The molecule has 0 radical (unpaired) electrons. The number of hydrogen-bond acceptors (Lipinski definition) is 7. The molecule has 42 heavy (non-hydrogen) atoms. The van der Waals surface area contributed by atoms with Crippen molar-refractivity contribution in [2.45, 2.75) is 46.0 Å². The van der Waals surface area contributed by atoms with Crippen LogP contribution in [-0.2, 0) is 15.9 Å². The van der Waals surface area contributed by atoms with Crippen LogP contribution in [0.25, 0.3) is 22.3 Å². The van der Waals surface area contributed by atoms with E-state index in [1.54, 1.807) is 12.1 Å². The maximum atomic E-state index is 11.2. The summed E-state index contributed by atoms with van der Waals surface area (Å²) in [7, 11) is 1.50. The standard InChI is InChI=1S/C35H37NO6/c1-5-39-34(40-6-2)22-41-26-16-13-24(14-17-26)27-9-7-10-28(23(27)3)29-11-8-12-31-30(29)18-19-32(31)42-33-20-15-25(21-37)35(36-33)38-4/h7-17,20-21,32,34H,5-6,18-19,22H2,1-4H3/t32-/m0/s1. The topological polar surface area (TPSA) is 76.1 Å². The fourth-order valence-corrected chi connectivity index (χ4v) is 5.54. The summed E-state index contributed by atoms with van der Waals surface area (Å²) in [5.74, 6) is 1.48. The van der Waals surface area contributed by atoms with Crippen LogP contribution in [0.2, 0.25) is 0 Å². The first-order valence-electron chi connectivity index (χ1n) is 14.4. The number of carbonyl (C=O) groups excluding carboxylic acids is 1. The van der Waals surface area contributed by atoms with Crippen LogP contribution in [0.3, 0.4) is 0 Å². The van der Waals surface area contributed by atoms with Gasteiger partial charge >= 0.3 is 0 Å². The molecular weight excluding hydrogens is 530 g/mol. The number of fused-ring (bicyclic) bond motifs is 1. The fourth-order valence-electron chi connectivity index (χ4n) is 5.54. The van der Waals surface area contributed by atoms with Crippen molar-refractivity contribution in [3.05, 3.63) is 95.1 Å². The van der Waals surface area contributed by atoms with Crippen LogP contribution in [0.5, 0.6) is 17.5 Å². The first-order chi connectivity index (χ1) is 20.6. The summed E-state index contributed by atoms with van der Waals surface area (Å²) >= 11 is 0. The van der Waals surface area contributed by atoms with Gasteiger partial charge in [-0.3, -0.25) is 4.79 Å². The number of benzene rings is 3. The highest BCUT2D eigenvalue weighted by molar-refractivity contribution is 5.81. The Bertz CT molecular complexity index is 1510. The van der Waals surface area contributed by atoms with Crippen molar-refractivity contribution >= 4 is 6.29 Å². The molecule has 1 atom stereocenters. The normalized spacial score (nSPS) is 14.1. The minimum absolute atomic E-state index is 0.125. The Hall–Kier alpha value is -4.20. The quantitative estimate of drug-likeness (QED) is 0.123. The molecule has 7 nitrogen and oxygen atoms in total. The van der Waals surface area contributed by atoms with Gasteiger partial charge in [0.2, 0.25) is 11.8 Å². The third kappa shape index (κ3) is 6.32. The lowest BCUT2D eigenvalue weighted by atomic mass is 9.89. The van der Waals surface area contributed by atoms with Gasteiger partial charge in [-0.2, -0.15) is 4.98 Å². The zero-order valence-corrected chi connectivity index (χ0v) is 24.6. The van der Waals surface area contributed by atoms with E-state index in [2.05, 4.69) is 60.4 Å². The molecule has 4 aromatic rings. The Balaban J connectivity index is 1.36. The largest absolute Gasteiger partial charge is 0.488 e. The van der Waals surface area contributed by atoms with Crippen LogP contribution in [-0.4, -0.2) is 44.5 Å². The molecule has 0 spiro atoms. The molecule has 5 rings (SSSR count). The molecule has 3 aromatic carbocycles. The Morgan fingerprint density at radius 1 is 0.905 bits per heavy atom. The van der Waals surface area contributed by atoms with E-state index >= 15 is 0 Å². The minimum Gasteiger partial charge on any atom is -0.488 e. The van der Waals surface area contributed by atoms with Gasteiger partial charge in [0, 0.05) is 19.3 Å². The lowest BCUT2D eigenvalue weighted by molar-refractivity contribution is -0.152. The second-order valence-corrected chi connectivity index (χ2v) is 10.0. The van der Waals surface area contributed by atoms with Crippen LogP contribution in [0, 0.1) is 6.92 Å². The van der Waals surface area contributed by atoms with Crippen molar-refractivity contribution in [2.24, 2.45) is 0 Å². The number of aldehydes is 1. The van der Waals surface area contributed by atoms with E-state index in [1.165, 1.54) is 34.9 Å². The summed E-state index contributed by atoms with van der Waals surface area (Å²) in [6.45, 7) is 7.55. The molecule has 0 unspecified atom stereocenters. The lowest BCUT2D eigenvalue weighted by Crippen LogP contribution is -2.25. The molecule has 1 aliphatic rings. The third-order valence-corrected chi connectivity index (χ3v) is 7.54. The highest BCUT2D eigenvalue weighted by Crippen LogP contribution is 2.42. The monoisotopic (exact) mass is 567 g/mol. The smallest absolute Gasteiger partial charge is 0.227 e. The third-order valence-electron chi connectivity index (χ3n) is 7.54. The first-order valence-corrected chi connectivity index (χ1v) is 14.4. The molecule has 218 valence electrons. The van der Waals surface area contributed by atoms with Crippen LogP contribution in [0.15, 0.2) is 72.8 Å². The van der Waals surface area contributed by atoms with Crippen molar-refractivity contribution in [2.75, 3.05) is 26.9 Å². The Kier molecular flexibility index (Phi) is 9.52. The molecule has 1 aromatic heterocycles. The molecule has 0 N–H and O–H groups in total. The number of carbonyl (C=O) groups is 1. The zero-order valence-electron chi connectivity index (χ0n) is 24.6. The van der Waals surface area contributed by atoms with Gasteiger partial charge in [-0.25, -0.2) is 0 Å². The fraction of sp³-hybridized carbons (Fsp3) is 0.314. The number of hydrogen-bond donors (Lipinski definition) is 0. The van der Waals surface area contributed by atoms with E-state index in [4.69, 9.17) is 23.7 Å². The average molecular weight is 568 g/mol. The number of ether oxygens (including phenoxy) is 5. The van der Waals surface area contributed by atoms with Crippen molar-refractivity contribution in [3.63, 3.8) is 0 Å². The second kappa shape index (κ2) is 13.6. The highest BCUT2D eigenvalue weighted by Gasteiger charge is 2.28. The highest BCUT2D eigenvalue weighted by atomic mass is 16.7. The van der Waals surface area contributed by atoms with E-state index in [1.807, 2.05) is 26.0 Å². The van der Waals surface area contributed by atoms with Crippen LogP contribution >= 0.6 is 0 Å². The summed E-state index contributed by atoms with van der Waals surface area (Å²) in [4.78, 5) is 15.6. The van der Waals surface area contributed by atoms with Crippen LogP contribution in [0.4, 0.5) is 0 Å². The average Bonchev–Trinajstić information content (AvgIpc) is 3.43. The molecule has 7 heteroatoms.